The molecule has 4 aromatic rings. The van der Waals surface area contributed by atoms with Crippen LogP contribution in [0.3, 0.4) is 0 Å². The van der Waals surface area contributed by atoms with E-state index in [4.69, 9.17) is 0 Å². The van der Waals surface area contributed by atoms with E-state index in [1.54, 1.807) is 6.20 Å². The van der Waals surface area contributed by atoms with Crippen molar-refractivity contribution in [1.29, 1.82) is 0 Å². The molecule has 0 unspecified atom stereocenters. The van der Waals surface area contributed by atoms with Crippen LogP contribution in [0.15, 0.2) is 102 Å². The fourth-order valence-electron chi connectivity index (χ4n) is 2.38. The first-order valence-electron chi connectivity index (χ1n) is 7.51. The lowest BCUT2D eigenvalue weighted by molar-refractivity contribution is 1.39. The second kappa shape index (κ2) is 7.23. The monoisotopic (exact) mass is 299 g/mol. The van der Waals surface area contributed by atoms with Gasteiger partial charge < -0.3 is 4.98 Å². The third-order valence-electron chi connectivity index (χ3n) is 3.55. The van der Waals surface area contributed by atoms with Gasteiger partial charge in [0, 0.05) is 23.2 Å². The number of para-hydroxylation sites is 1. The zero-order valence-corrected chi connectivity index (χ0v) is 12.6. The molecule has 3 aromatic carbocycles. The number of fused-ring (bicyclic) bond motifs is 1. The smallest absolute Gasteiger partial charge is 0.189 e. The molecule has 112 valence electrons. The van der Waals surface area contributed by atoms with Gasteiger partial charge in [-0.3, -0.25) is 4.79 Å². The molecule has 0 atom stereocenters. The number of benzene rings is 3. The van der Waals surface area contributed by atoms with Crippen LogP contribution in [0, 0.1) is 0 Å². The number of H-pyrrole nitrogens is 1. The molecule has 0 spiro atoms. The van der Waals surface area contributed by atoms with E-state index in [1.165, 1.54) is 17.2 Å². The normalized spacial score (nSPS) is 9.91. The third kappa shape index (κ3) is 3.74. The minimum Gasteiger partial charge on any atom is -0.361 e. The minimum absolute atomic E-state index is 0.0688. The van der Waals surface area contributed by atoms with Crippen molar-refractivity contribution in [3.05, 3.63) is 107 Å². The van der Waals surface area contributed by atoms with Crippen LogP contribution in [0.25, 0.3) is 22.0 Å². The topological polar surface area (TPSA) is 32.9 Å². The molecule has 1 heterocycles. The molecule has 0 aliphatic rings. The lowest BCUT2D eigenvalue weighted by Crippen LogP contribution is -1.98. The van der Waals surface area contributed by atoms with Crippen LogP contribution in [-0.4, -0.2) is 4.98 Å². The lowest BCUT2D eigenvalue weighted by Gasteiger charge is -1.98. The number of pyridine rings is 1. The number of nitrogens with one attached hydrogen (secondary N) is 1. The molecule has 0 radical (unpaired) electrons. The second-order valence-corrected chi connectivity index (χ2v) is 5.12. The van der Waals surface area contributed by atoms with Gasteiger partial charge in [-0.05, 0) is 23.3 Å². The van der Waals surface area contributed by atoms with Gasteiger partial charge in [0.2, 0.25) is 0 Å². The average Bonchev–Trinajstić information content (AvgIpc) is 2.64. The summed E-state index contributed by atoms with van der Waals surface area (Å²) in [7, 11) is 0. The Hall–Kier alpha value is -3.13. The SMILES string of the molecule is O=c1cc[nH]c2ccccc12.c1ccc(-c2ccccc2)cc1. The van der Waals surface area contributed by atoms with E-state index in [9.17, 15) is 4.79 Å². The van der Waals surface area contributed by atoms with Gasteiger partial charge in [0.25, 0.3) is 0 Å². The van der Waals surface area contributed by atoms with Gasteiger partial charge in [-0.15, -0.1) is 0 Å². The van der Waals surface area contributed by atoms with Crippen LogP contribution >= 0.6 is 0 Å². The molecule has 0 saturated heterocycles. The predicted octanol–water partition coefficient (Wildman–Crippen LogP) is 4.88. The maximum Gasteiger partial charge on any atom is 0.189 e. The molecule has 4 rings (SSSR count). The van der Waals surface area contributed by atoms with Crippen LogP contribution < -0.4 is 5.43 Å². The van der Waals surface area contributed by atoms with E-state index in [-0.39, 0.29) is 5.43 Å². The molecular weight excluding hydrogens is 282 g/mol. The van der Waals surface area contributed by atoms with Crippen molar-refractivity contribution in [3.8, 4) is 11.1 Å². The van der Waals surface area contributed by atoms with E-state index < -0.39 is 0 Å². The molecule has 1 aromatic heterocycles. The molecule has 0 fully saturated rings. The third-order valence-corrected chi connectivity index (χ3v) is 3.55. The summed E-state index contributed by atoms with van der Waals surface area (Å²) in [6.07, 6.45) is 1.66. The highest BCUT2D eigenvalue weighted by Crippen LogP contribution is 2.17. The summed E-state index contributed by atoms with van der Waals surface area (Å²) in [6, 6.07) is 29.8. The summed E-state index contributed by atoms with van der Waals surface area (Å²) in [5.41, 5.74) is 3.51. The maximum absolute atomic E-state index is 11.2. The van der Waals surface area contributed by atoms with Crippen molar-refractivity contribution in [3.63, 3.8) is 0 Å². The maximum atomic E-state index is 11.2. The van der Waals surface area contributed by atoms with Crippen LogP contribution in [0.2, 0.25) is 0 Å². The Bertz CT molecular complexity index is 885. The zero-order valence-electron chi connectivity index (χ0n) is 12.6. The van der Waals surface area contributed by atoms with Gasteiger partial charge in [-0.1, -0.05) is 72.8 Å². The average molecular weight is 299 g/mol. The molecule has 0 saturated carbocycles. The molecule has 0 amide bonds. The highest BCUT2D eigenvalue weighted by molar-refractivity contribution is 5.77. The Morgan fingerprint density at radius 2 is 1.09 bits per heavy atom. The first kappa shape index (κ1) is 14.8. The van der Waals surface area contributed by atoms with Crippen molar-refractivity contribution in [2.75, 3.05) is 0 Å². The summed E-state index contributed by atoms with van der Waals surface area (Å²) in [4.78, 5) is 14.2. The molecule has 0 aliphatic heterocycles. The lowest BCUT2D eigenvalue weighted by atomic mass is 10.1. The van der Waals surface area contributed by atoms with Crippen LogP contribution in [0.5, 0.6) is 0 Å². The Balaban J connectivity index is 0.000000136. The number of rotatable bonds is 1. The van der Waals surface area contributed by atoms with Crippen molar-refractivity contribution < 1.29 is 0 Å². The zero-order chi connectivity index (χ0) is 15.9. The van der Waals surface area contributed by atoms with Crippen molar-refractivity contribution in [2.24, 2.45) is 0 Å². The fourth-order valence-corrected chi connectivity index (χ4v) is 2.38. The van der Waals surface area contributed by atoms with E-state index >= 15 is 0 Å². The van der Waals surface area contributed by atoms with Crippen LogP contribution in [0.4, 0.5) is 0 Å². The van der Waals surface area contributed by atoms with E-state index in [0.717, 1.165) is 10.9 Å². The Labute approximate surface area is 135 Å². The second-order valence-electron chi connectivity index (χ2n) is 5.12. The van der Waals surface area contributed by atoms with E-state index in [2.05, 4.69) is 53.5 Å². The van der Waals surface area contributed by atoms with E-state index in [1.807, 2.05) is 36.4 Å². The number of hydrogen-bond acceptors (Lipinski definition) is 1. The molecule has 2 heteroatoms. The summed E-state index contributed by atoms with van der Waals surface area (Å²) in [5, 5.41) is 0.745. The molecule has 23 heavy (non-hydrogen) atoms. The highest BCUT2D eigenvalue weighted by Gasteiger charge is 1.93. The number of aromatic amines is 1. The Kier molecular flexibility index (Phi) is 4.65. The molecule has 2 nitrogen and oxygen atoms in total. The summed E-state index contributed by atoms with van der Waals surface area (Å²) >= 11 is 0. The van der Waals surface area contributed by atoms with E-state index in [0.29, 0.717) is 0 Å². The summed E-state index contributed by atoms with van der Waals surface area (Å²) in [6.45, 7) is 0. The van der Waals surface area contributed by atoms with Gasteiger partial charge in [-0.25, -0.2) is 0 Å². The largest absolute Gasteiger partial charge is 0.361 e. The molecular formula is C21H17NO. The van der Waals surface area contributed by atoms with Crippen LogP contribution in [-0.2, 0) is 0 Å². The van der Waals surface area contributed by atoms with Crippen molar-refractivity contribution >= 4 is 10.9 Å². The standard InChI is InChI=1S/C12H10.C9H7NO/c1-3-7-11(8-4-1)12-9-5-2-6-10-12;11-9-5-6-10-8-4-2-1-3-7(8)9/h1-10H;1-6H,(H,10,11). The molecule has 1 N–H and O–H groups in total. The molecule has 0 bridgehead atoms. The minimum atomic E-state index is 0.0688. The van der Waals surface area contributed by atoms with Crippen LogP contribution in [0.1, 0.15) is 0 Å². The fraction of sp³-hybridized carbons (Fsp3) is 0. The van der Waals surface area contributed by atoms with Crippen molar-refractivity contribution in [2.45, 2.75) is 0 Å². The van der Waals surface area contributed by atoms with Crippen molar-refractivity contribution in [1.82, 2.24) is 4.98 Å². The number of hydrogen-bond donors (Lipinski definition) is 1. The Morgan fingerprint density at radius 3 is 1.65 bits per heavy atom. The van der Waals surface area contributed by atoms with Gasteiger partial charge >= 0.3 is 0 Å². The highest BCUT2D eigenvalue weighted by atomic mass is 16.1. The first-order chi connectivity index (χ1) is 11.3. The van der Waals surface area contributed by atoms with Gasteiger partial charge in [0.1, 0.15) is 0 Å². The number of aromatic nitrogens is 1. The quantitative estimate of drug-likeness (QED) is 0.534. The first-order valence-corrected chi connectivity index (χ1v) is 7.51. The molecule has 0 aliphatic carbocycles. The van der Waals surface area contributed by atoms with Gasteiger partial charge in [-0.2, -0.15) is 0 Å². The summed E-state index contributed by atoms with van der Waals surface area (Å²) in [5.74, 6) is 0. The van der Waals surface area contributed by atoms with Gasteiger partial charge in [0.05, 0.1) is 0 Å². The Morgan fingerprint density at radius 1 is 0.565 bits per heavy atom. The predicted molar refractivity (Wildman–Crippen MR) is 96.4 cm³/mol. The summed E-state index contributed by atoms with van der Waals surface area (Å²) < 4.78 is 0. The van der Waals surface area contributed by atoms with Gasteiger partial charge in [0.15, 0.2) is 5.43 Å².